The Kier molecular flexibility index (Phi) is 3.25. The standard InChI is InChI=1S/C13H15N3O3/c1-8-4-9(2)16(12(17)11(8)13(18)19)7-10-5-14-15(3)6-10/h4-6H,7H2,1-3H3,(H,18,19). The Balaban J connectivity index is 2.54. The summed E-state index contributed by atoms with van der Waals surface area (Å²) in [5.74, 6) is -1.19. The average molecular weight is 261 g/mol. The number of aromatic carboxylic acids is 1. The molecule has 6 heteroatoms. The fourth-order valence-electron chi connectivity index (χ4n) is 2.12. The molecule has 1 N–H and O–H groups in total. The highest BCUT2D eigenvalue weighted by atomic mass is 16.4. The lowest BCUT2D eigenvalue weighted by Crippen LogP contribution is -2.29. The maximum absolute atomic E-state index is 12.2. The summed E-state index contributed by atoms with van der Waals surface area (Å²) in [5.41, 5.74) is 1.42. The molecule has 100 valence electrons. The van der Waals surface area contributed by atoms with Gasteiger partial charge in [-0.15, -0.1) is 0 Å². The Morgan fingerprint density at radius 1 is 1.42 bits per heavy atom. The van der Waals surface area contributed by atoms with Crippen LogP contribution in [-0.4, -0.2) is 25.4 Å². The second-order valence-corrected chi connectivity index (χ2v) is 4.56. The van der Waals surface area contributed by atoms with Crippen LogP contribution < -0.4 is 5.56 Å². The average Bonchev–Trinajstić information content (AvgIpc) is 2.69. The highest BCUT2D eigenvalue weighted by molar-refractivity contribution is 5.88. The van der Waals surface area contributed by atoms with E-state index in [-0.39, 0.29) is 5.56 Å². The molecule has 0 saturated carbocycles. The molecule has 0 atom stereocenters. The molecule has 0 amide bonds. The number of hydrogen-bond acceptors (Lipinski definition) is 3. The van der Waals surface area contributed by atoms with Crippen molar-refractivity contribution < 1.29 is 9.90 Å². The van der Waals surface area contributed by atoms with Gasteiger partial charge in [0, 0.05) is 24.5 Å². The molecule has 2 heterocycles. The number of rotatable bonds is 3. The Morgan fingerprint density at radius 2 is 2.11 bits per heavy atom. The van der Waals surface area contributed by atoms with Gasteiger partial charge in [0.1, 0.15) is 5.56 Å². The number of carboxylic acid groups (broad SMARTS) is 1. The zero-order valence-electron chi connectivity index (χ0n) is 11.0. The third-order valence-corrected chi connectivity index (χ3v) is 3.02. The first-order valence-corrected chi connectivity index (χ1v) is 5.82. The van der Waals surface area contributed by atoms with Crippen LogP contribution in [0.2, 0.25) is 0 Å². The minimum atomic E-state index is -1.19. The van der Waals surface area contributed by atoms with Gasteiger partial charge < -0.3 is 9.67 Å². The second-order valence-electron chi connectivity index (χ2n) is 4.56. The number of hydrogen-bond donors (Lipinski definition) is 1. The van der Waals surface area contributed by atoms with Crippen LogP contribution in [0, 0.1) is 13.8 Å². The van der Waals surface area contributed by atoms with Gasteiger partial charge in [-0.3, -0.25) is 9.48 Å². The summed E-state index contributed by atoms with van der Waals surface area (Å²) < 4.78 is 3.09. The van der Waals surface area contributed by atoms with Gasteiger partial charge in [0.05, 0.1) is 12.7 Å². The minimum absolute atomic E-state index is 0.172. The highest BCUT2D eigenvalue weighted by Crippen LogP contribution is 2.08. The number of carboxylic acids is 1. The lowest BCUT2D eigenvalue weighted by atomic mass is 10.1. The molecule has 2 aromatic rings. The number of aryl methyl sites for hydroxylation is 3. The molecular weight excluding hydrogens is 246 g/mol. The van der Waals surface area contributed by atoms with Gasteiger partial charge in [-0.05, 0) is 25.5 Å². The van der Waals surface area contributed by atoms with E-state index in [1.165, 1.54) is 4.57 Å². The normalized spacial score (nSPS) is 10.7. The lowest BCUT2D eigenvalue weighted by Gasteiger charge is -2.11. The maximum Gasteiger partial charge on any atom is 0.341 e. The van der Waals surface area contributed by atoms with Crippen molar-refractivity contribution in [1.29, 1.82) is 0 Å². The fourth-order valence-corrected chi connectivity index (χ4v) is 2.12. The molecule has 0 aliphatic rings. The van der Waals surface area contributed by atoms with Gasteiger partial charge >= 0.3 is 5.97 Å². The van der Waals surface area contributed by atoms with Gasteiger partial charge in [0.15, 0.2) is 0 Å². The van der Waals surface area contributed by atoms with Crippen molar-refractivity contribution in [3.05, 3.63) is 51.2 Å². The first-order chi connectivity index (χ1) is 8.90. The van der Waals surface area contributed by atoms with E-state index in [0.29, 0.717) is 12.1 Å². The SMILES string of the molecule is Cc1cc(C)n(Cc2cnn(C)c2)c(=O)c1C(=O)O. The van der Waals surface area contributed by atoms with Crippen molar-refractivity contribution in [3.8, 4) is 0 Å². The van der Waals surface area contributed by atoms with E-state index >= 15 is 0 Å². The number of nitrogens with zero attached hydrogens (tertiary/aromatic N) is 3. The summed E-state index contributed by atoms with van der Waals surface area (Å²) in [5, 5.41) is 13.1. The Hall–Kier alpha value is -2.37. The second kappa shape index (κ2) is 4.72. The third-order valence-electron chi connectivity index (χ3n) is 3.02. The summed E-state index contributed by atoms with van der Waals surface area (Å²) in [4.78, 5) is 23.4. The molecule has 0 aromatic carbocycles. The largest absolute Gasteiger partial charge is 0.477 e. The van der Waals surface area contributed by atoms with Crippen molar-refractivity contribution in [2.24, 2.45) is 7.05 Å². The minimum Gasteiger partial charge on any atom is -0.477 e. The van der Waals surface area contributed by atoms with Crippen LogP contribution in [0.3, 0.4) is 0 Å². The van der Waals surface area contributed by atoms with E-state index < -0.39 is 11.5 Å². The van der Waals surface area contributed by atoms with Crippen molar-refractivity contribution in [1.82, 2.24) is 14.3 Å². The lowest BCUT2D eigenvalue weighted by molar-refractivity contribution is 0.0693. The molecule has 2 aromatic heterocycles. The fraction of sp³-hybridized carbons (Fsp3) is 0.308. The van der Waals surface area contributed by atoms with E-state index in [2.05, 4.69) is 5.10 Å². The van der Waals surface area contributed by atoms with Crippen LogP contribution in [0.4, 0.5) is 0 Å². The van der Waals surface area contributed by atoms with Crippen molar-refractivity contribution in [3.63, 3.8) is 0 Å². The summed E-state index contributed by atoms with van der Waals surface area (Å²) in [6, 6.07) is 1.71. The maximum atomic E-state index is 12.2. The van der Waals surface area contributed by atoms with Gasteiger partial charge in [-0.2, -0.15) is 5.10 Å². The summed E-state index contributed by atoms with van der Waals surface area (Å²) >= 11 is 0. The Labute approximate surface area is 109 Å². The van der Waals surface area contributed by atoms with Crippen LogP contribution in [0.5, 0.6) is 0 Å². The number of carbonyl (C=O) groups is 1. The van der Waals surface area contributed by atoms with Crippen LogP contribution in [0.15, 0.2) is 23.3 Å². The summed E-state index contributed by atoms with van der Waals surface area (Å²) in [6.45, 7) is 3.74. The number of aromatic nitrogens is 3. The molecule has 0 aliphatic heterocycles. The first kappa shape index (κ1) is 13.1. The molecule has 6 nitrogen and oxygen atoms in total. The third kappa shape index (κ3) is 2.42. The Morgan fingerprint density at radius 3 is 2.63 bits per heavy atom. The van der Waals surface area contributed by atoms with E-state index in [9.17, 15) is 9.59 Å². The van der Waals surface area contributed by atoms with E-state index in [4.69, 9.17) is 5.11 Å². The van der Waals surface area contributed by atoms with E-state index in [1.54, 1.807) is 44.0 Å². The molecule has 0 radical (unpaired) electrons. The van der Waals surface area contributed by atoms with Crippen molar-refractivity contribution in [2.75, 3.05) is 0 Å². The first-order valence-electron chi connectivity index (χ1n) is 5.82. The molecule has 19 heavy (non-hydrogen) atoms. The molecular formula is C13H15N3O3. The predicted octanol–water partition coefficient (Wildman–Crippen LogP) is 0.945. The quantitative estimate of drug-likeness (QED) is 0.892. The van der Waals surface area contributed by atoms with Gasteiger partial charge in [-0.25, -0.2) is 4.79 Å². The zero-order valence-corrected chi connectivity index (χ0v) is 11.0. The van der Waals surface area contributed by atoms with E-state index in [1.807, 2.05) is 0 Å². The van der Waals surface area contributed by atoms with Crippen LogP contribution in [0.1, 0.15) is 27.2 Å². The smallest absolute Gasteiger partial charge is 0.341 e. The summed E-state index contributed by atoms with van der Waals surface area (Å²) in [7, 11) is 1.79. The molecule has 0 unspecified atom stereocenters. The molecule has 0 spiro atoms. The van der Waals surface area contributed by atoms with E-state index in [0.717, 1.165) is 11.3 Å². The highest BCUT2D eigenvalue weighted by Gasteiger charge is 2.16. The monoisotopic (exact) mass is 261 g/mol. The van der Waals surface area contributed by atoms with Crippen molar-refractivity contribution in [2.45, 2.75) is 20.4 Å². The molecule has 0 fully saturated rings. The van der Waals surface area contributed by atoms with Gasteiger partial charge in [0.2, 0.25) is 0 Å². The van der Waals surface area contributed by atoms with Crippen molar-refractivity contribution >= 4 is 5.97 Å². The predicted molar refractivity (Wildman–Crippen MR) is 69.4 cm³/mol. The Bertz CT molecular complexity index is 698. The molecule has 0 aliphatic carbocycles. The van der Waals surface area contributed by atoms with Crippen LogP contribution >= 0.6 is 0 Å². The molecule has 0 saturated heterocycles. The topological polar surface area (TPSA) is 77.1 Å². The molecule has 0 bridgehead atoms. The van der Waals surface area contributed by atoms with Crippen LogP contribution in [-0.2, 0) is 13.6 Å². The van der Waals surface area contributed by atoms with Crippen LogP contribution in [0.25, 0.3) is 0 Å². The van der Waals surface area contributed by atoms with Gasteiger partial charge in [0.25, 0.3) is 5.56 Å². The summed E-state index contributed by atoms with van der Waals surface area (Å²) in [6.07, 6.45) is 3.46. The number of pyridine rings is 1. The molecule has 2 rings (SSSR count). The van der Waals surface area contributed by atoms with Gasteiger partial charge in [-0.1, -0.05) is 0 Å². The zero-order chi connectivity index (χ0) is 14.2.